The number of hydrazine groups is 1. The van der Waals surface area contributed by atoms with E-state index < -0.39 is 5.91 Å². The Labute approximate surface area is 102 Å². The fourth-order valence-corrected chi connectivity index (χ4v) is 1.42. The third-order valence-corrected chi connectivity index (χ3v) is 2.33. The largest absolute Gasteiger partial charge is 0.347 e. The first kappa shape index (κ1) is 11.9. The fraction of sp³-hybridized carbons (Fsp3) is 0.0909. The average molecular weight is 245 g/mol. The minimum Gasteiger partial charge on any atom is -0.293 e. The summed E-state index contributed by atoms with van der Waals surface area (Å²) in [6.45, 7) is 0.303. The lowest BCUT2D eigenvalue weighted by Crippen LogP contribution is -2.30. The molecule has 0 fully saturated rings. The van der Waals surface area contributed by atoms with Gasteiger partial charge in [-0.05, 0) is 18.2 Å². The number of hydrogen-bond donors (Lipinski definition) is 2. The minimum absolute atomic E-state index is 0.303. The lowest BCUT2D eigenvalue weighted by atomic mass is 10.2. The third-order valence-electron chi connectivity index (χ3n) is 2.33. The molecule has 0 saturated carbocycles. The van der Waals surface area contributed by atoms with Crippen molar-refractivity contribution in [2.24, 2.45) is 5.84 Å². The van der Waals surface area contributed by atoms with Crippen LogP contribution in [-0.2, 0) is 6.54 Å². The molecule has 0 radical (unpaired) electrons. The second-order valence-corrected chi connectivity index (χ2v) is 3.54. The van der Waals surface area contributed by atoms with Crippen molar-refractivity contribution in [3.05, 3.63) is 58.5 Å². The molecule has 7 nitrogen and oxygen atoms in total. The topological polar surface area (TPSA) is 103 Å². The van der Waals surface area contributed by atoms with Gasteiger partial charge in [-0.15, -0.1) is 0 Å². The van der Waals surface area contributed by atoms with Crippen LogP contribution in [-0.4, -0.2) is 20.4 Å². The van der Waals surface area contributed by atoms with Crippen molar-refractivity contribution in [2.75, 3.05) is 0 Å². The molecule has 0 atom stereocenters. The number of nitrogen functional groups attached to an aromatic ring is 1. The van der Waals surface area contributed by atoms with Gasteiger partial charge in [-0.3, -0.25) is 19.8 Å². The smallest absolute Gasteiger partial charge is 0.293 e. The molecule has 1 amide bonds. The van der Waals surface area contributed by atoms with Crippen molar-refractivity contribution in [3.63, 3.8) is 0 Å². The van der Waals surface area contributed by atoms with Crippen LogP contribution in [0.15, 0.2) is 41.6 Å². The summed E-state index contributed by atoms with van der Waals surface area (Å²) >= 11 is 0. The number of amides is 1. The first-order valence-electron chi connectivity index (χ1n) is 5.18. The standard InChI is InChI=1S/C11H11N5O2/c12-15-10(17)8-2-3-9(14-6-8)7-16-5-1-4-13-11(16)18/h1-6H,7,12H2,(H,15,17). The number of hydrogen-bond acceptors (Lipinski definition) is 5. The molecule has 3 N–H and O–H groups in total. The zero-order valence-electron chi connectivity index (χ0n) is 9.41. The van der Waals surface area contributed by atoms with E-state index in [4.69, 9.17) is 5.84 Å². The van der Waals surface area contributed by atoms with Gasteiger partial charge in [-0.2, -0.15) is 0 Å². The molecule has 0 saturated heterocycles. The number of carbonyl (C=O) groups is 1. The Morgan fingerprint density at radius 1 is 1.39 bits per heavy atom. The first-order valence-corrected chi connectivity index (χ1v) is 5.18. The van der Waals surface area contributed by atoms with E-state index in [1.165, 1.54) is 17.0 Å². The van der Waals surface area contributed by atoms with Crippen LogP contribution in [0.25, 0.3) is 0 Å². The highest BCUT2D eigenvalue weighted by atomic mass is 16.2. The summed E-state index contributed by atoms with van der Waals surface area (Å²) in [6.07, 6.45) is 4.46. The zero-order chi connectivity index (χ0) is 13.0. The van der Waals surface area contributed by atoms with Crippen molar-refractivity contribution in [1.29, 1.82) is 0 Å². The average Bonchev–Trinajstić information content (AvgIpc) is 2.41. The Morgan fingerprint density at radius 3 is 2.83 bits per heavy atom. The van der Waals surface area contributed by atoms with Crippen molar-refractivity contribution in [1.82, 2.24) is 20.0 Å². The molecule has 0 spiro atoms. The van der Waals surface area contributed by atoms with E-state index in [-0.39, 0.29) is 5.69 Å². The monoisotopic (exact) mass is 245 g/mol. The van der Waals surface area contributed by atoms with Gasteiger partial charge in [0.15, 0.2) is 0 Å². The normalized spacial score (nSPS) is 10.1. The molecule has 2 rings (SSSR count). The number of rotatable bonds is 3. The molecule has 92 valence electrons. The Balaban J connectivity index is 2.19. The molecule has 0 bridgehead atoms. The highest BCUT2D eigenvalue weighted by Gasteiger charge is 2.04. The maximum absolute atomic E-state index is 11.4. The Kier molecular flexibility index (Phi) is 3.44. The summed E-state index contributed by atoms with van der Waals surface area (Å²) in [5, 5.41) is 0. The van der Waals surface area contributed by atoms with Gasteiger partial charge in [0.1, 0.15) is 0 Å². The maximum atomic E-state index is 11.4. The number of nitrogens with zero attached hydrogens (tertiary/aromatic N) is 3. The van der Waals surface area contributed by atoms with E-state index in [1.807, 2.05) is 5.43 Å². The van der Waals surface area contributed by atoms with Crippen molar-refractivity contribution in [3.8, 4) is 0 Å². The molecule has 0 unspecified atom stereocenters. The molecular weight excluding hydrogens is 234 g/mol. The van der Waals surface area contributed by atoms with Gasteiger partial charge >= 0.3 is 5.69 Å². The van der Waals surface area contributed by atoms with E-state index in [2.05, 4.69) is 9.97 Å². The Hall–Kier alpha value is -2.54. The van der Waals surface area contributed by atoms with Gasteiger partial charge in [0.05, 0.1) is 17.8 Å². The summed E-state index contributed by atoms with van der Waals surface area (Å²) in [6, 6.07) is 4.91. The van der Waals surface area contributed by atoms with Crippen molar-refractivity contribution >= 4 is 5.91 Å². The summed E-state index contributed by atoms with van der Waals surface area (Å²) in [4.78, 5) is 30.3. The van der Waals surface area contributed by atoms with Crippen LogP contribution in [0, 0.1) is 0 Å². The maximum Gasteiger partial charge on any atom is 0.347 e. The van der Waals surface area contributed by atoms with Crippen LogP contribution < -0.4 is 17.0 Å². The molecule has 0 aliphatic heterocycles. The zero-order valence-corrected chi connectivity index (χ0v) is 9.41. The second kappa shape index (κ2) is 5.19. The van der Waals surface area contributed by atoms with Crippen LogP contribution in [0.4, 0.5) is 0 Å². The molecular formula is C11H11N5O2. The minimum atomic E-state index is -0.410. The van der Waals surface area contributed by atoms with E-state index in [0.717, 1.165) is 0 Å². The highest BCUT2D eigenvalue weighted by molar-refractivity contribution is 5.93. The molecule has 0 aliphatic carbocycles. The van der Waals surface area contributed by atoms with Gasteiger partial charge in [-0.1, -0.05) is 0 Å². The van der Waals surface area contributed by atoms with Crippen molar-refractivity contribution in [2.45, 2.75) is 6.54 Å². The molecule has 7 heteroatoms. The second-order valence-electron chi connectivity index (χ2n) is 3.54. The lowest BCUT2D eigenvalue weighted by molar-refractivity contribution is 0.0953. The number of aromatic nitrogens is 3. The summed E-state index contributed by atoms with van der Waals surface area (Å²) in [5.41, 5.74) is 2.68. The van der Waals surface area contributed by atoms with Crippen LogP contribution in [0.5, 0.6) is 0 Å². The molecule has 0 aliphatic rings. The van der Waals surface area contributed by atoms with Crippen LogP contribution in [0.1, 0.15) is 16.1 Å². The van der Waals surface area contributed by atoms with Gasteiger partial charge < -0.3 is 0 Å². The number of pyridine rings is 1. The lowest BCUT2D eigenvalue weighted by Gasteiger charge is -2.04. The third kappa shape index (κ3) is 2.58. The van der Waals surface area contributed by atoms with Gasteiger partial charge in [0, 0.05) is 18.6 Å². The fourth-order valence-electron chi connectivity index (χ4n) is 1.42. The van der Waals surface area contributed by atoms with Gasteiger partial charge in [0.2, 0.25) is 0 Å². The molecule has 0 aromatic carbocycles. The van der Waals surface area contributed by atoms with E-state index >= 15 is 0 Å². The quantitative estimate of drug-likeness (QED) is 0.422. The predicted molar refractivity (Wildman–Crippen MR) is 63.5 cm³/mol. The van der Waals surface area contributed by atoms with Crippen molar-refractivity contribution < 1.29 is 4.79 Å². The first-order chi connectivity index (χ1) is 8.70. The van der Waals surface area contributed by atoms with Gasteiger partial charge in [0.25, 0.3) is 5.91 Å². The Bertz CT molecular complexity index is 605. The SMILES string of the molecule is NNC(=O)c1ccc(Cn2cccnc2=O)nc1. The van der Waals surface area contributed by atoms with Crippen LogP contribution in [0.3, 0.4) is 0 Å². The van der Waals surface area contributed by atoms with E-state index in [9.17, 15) is 9.59 Å². The molecule has 2 aromatic heterocycles. The summed E-state index contributed by atoms with van der Waals surface area (Å²) in [7, 11) is 0. The summed E-state index contributed by atoms with van der Waals surface area (Å²) < 4.78 is 1.42. The van der Waals surface area contributed by atoms with Gasteiger partial charge in [-0.25, -0.2) is 15.6 Å². The van der Waals surface area contributed by atoms with E-state index in [1.54, 1.807) is 24.4 Å². The molecule has 2 aromatic rings. The van der Waals surface area contributed by atoms with Crippen LogP contribution in [0.2, 0.25) is 0 Å². The number of nitrogens with two attached hydrogens (primary N) is 1. The number of nitrogens with one attached hydrogen (secondary N) is 1. The highest BCUT2D eigenvalue weighted by Crippen LogP contribution is 2.01. The van der Waals surface area contributed by atoms with Crippen LogP contribution >= 0.6 is 0 Å². The predicted octanol–water partition coefficient (Wildman–Crippen LogP) is -0.710. The van der Waals surface area contributed by atoms with E-state index in [0.29, 0.717) is 17.8 Å². The molecule has 18 heavy (non-hydrogen) atoms. The molecule has 2 heterocycles. The summed E-state index contributed by atoms with van der Waals surface area (Å²) in [5.74, 6) is 4.59. The number of carbonyl (C=O) groups excluding carboxylic acids is 1. The Morgan fingerprint density at radius 2 is 2.22 bits per heavy atom.